The minimum atomic E-state index is -0.791. The Hall–Kier alpha value is -1.92. The average molecular weight is 858 g/mol. The van der Waals surface area contributed by atoms with Gasteiger partial charge in [0, 0.05) is 6.42 Å². The summed E-state index contributed by atoms with van der Waals surface area (Å²) in [5.41, 5.74) is 0. The summed E-state index contributed by atoms with van der Waals surface area (Å²) in [4.78, 5) is 26.1. The molecule has 0 aromatic heterocycles. The Balaban J connectivity index is 4.59. The lowest BCUT2D eigenvalue weighted by Crippen LogP contribution is -2.46. The van der Waals surface area contributed by atoms with E-state index in [0.717, 1.165) is 77.0 Å². The number of rotatable bonds is 48. The Labute approximate surface area is 379 Å². The molecule has 0 aliphatic carbocycles. The van der Waals surface area contributed by atoms with Gasteiger partial charge >= 0.3 is 5.97 Å². The molecule has 0 heterocycles. The van der Waals surface area contributed by atoms with Crippen LogP contribution in [0.1, 0.15) is 278 Å². The standard InChI is InChI=1S/C55H103NO5/c1-4-7-10-13-16-19-22-24-26-27-28-29-31-33-36-39-42-45-48-55(60)61-51(46-43-40-37-34-32-30-25-23-20-17-14-11-8-5-2)49-54(59)56-52(50-57)53(58)47-44-41-38-35-21-18-15-12-9-6-3/h26-30,32,51-53,57-58H,4-25,31,33-50H2,1-3H3,(H,56,59)/b27-26+,29-28+,32-30+. The van der Waals surface area contributed by atoms with Gasteiger partial charge in [-0.25, -0.2) is 0 Å². The lowest BCUT2D eigenvalue weighted by Gasteiger charge is -2.24. The Kier molecular flexibility index (Phi) is 47.6. The molecule has 3 N–H and O–H groups in total. The molecule has 0 bridgehead atoms. The molecule has 0 aliphatic heterocycles. The van der Waals surface area contributed by atoms with Crippen molar-refractivity contribution in [3.05, 3.63) is 36.5 Å². The molecule has 0 aromatic carbocycles. The van der Waals surface area contributed by atoms with Crippen molar-refractivity contribution in [1.29, 1.82) is 0 Å². The number of hydrogen-bond acceptors (Lipinski definition) is 5. The Morgan fingerprint density at radius 2 is 0.836 bits per heavy atom. The van der Waals surface area contributed by atoms with Gasteiger partial charge in [0.25, 0.3) is 0 Å². The quantitative estimate of drug-likeness (QED) is 0.0245. The Bertz CT molecular complexity index is 1010. The van der Waals surface area contributed by atoms with Crippen LogP contribution in [0.2, 0.25) is 0 Å². The number of carbonyl (C=O) groups is 2. The number of aliphatic hydroxyl groups is 2. The largest absolute Gasteiger partial charge is 0.462 e. The summed E-state index contributed by atoms with van der Waals surface area (Å²) < 4.78 is 5.93. The van der Waals surface area contributed by atoms with Gasteiger partial charge in [0.05, 0.1) is 25.2 Å². The van der Waals surface area contributed by atoms with E-state index in [4.69, 9.17) is 4.74 Å². The summed E-state index contributed by atoms with van der Waals surface area (Å²) in [6.07, 6.45) is 57.8. The molecule has 0 saturated carbocycles. The zero-order chi connectivity index (χ0) is 44.5. The normalized spacial score (nSPS) is 13.5. The third-order valence-corrected chi connectivity index (χ3v) is 12.2. The molecule has 1 amide bonds. The fourth-order valence-corrected chi connectivity index (χ4v) is 8.12. The van der Waals surface area contributed by atoms with E-state index >= 15 is 0 Å². The van der Waals surface area contributed by atoms with Crippen LogP contribution in [0.15, 0.2) is 36.5 Å². The summed E-state index contributed by atoms with van der Waals surface area (Å²) >= 11 is 0. The highest BCUT2D eigenvalue weighted by Gasteiger charge is 2.24. The van der Waals surface area contributed by atoms with Crippen LogP contribution in [-0.4, -0.2) is 46.9 Å². The molecular weight excluding hydrogens is 755 g/mol. The minimum absolute atomic E-state index is 0.0629. The lowest BCUT2D eigenvalue weighted by atomic mass is 10.0. The van der Waals surface area contributed by atoms with Crippen LogP contribution in [0.5, 0.6) is 0 Å². The first-order valence-electron chi connectivity index (χ1n) is 26.7. The topological polar surface area (TPSA) is 95.9 Å². The monoisotopic (exact) mass is 858 g/mol. The van der Waals surface area contributed by atoms with Gasteiger partial charge in [-0.05, 0) is 77.0 Å². The first-order chi connectivity index (χ1) is 30.0. The van der Waals surface area contributed by atoms with E-state index in [0.29, 0.717) is 19.3 Å². The van der Waals surface area contributed by atoms with Gasteiger partial charge in [0.1, 0.15) is 6.10 Å². The number of hydrogen-bond donors (Lipinski definition) is 3. The van der Waals surface area contributed by atoms with Gasteiger partial charge in [0.2, 0.25) is 5.91 Å². The zero-order valence-corrected chi connectivity index (χ0v) is 40.8. The molecule has 3 unspecified atom stereocenters. The molecule has 358 valence electrons. The van der Waals surface area contributed by atoms with E-state index < -0.39 is 18.2 Å². The van der Waals surface area contributed by atoms with Crippen LogP contribution in [0.4, 0.5) is 0 Å². The fraction of sp³-hybridized carbons (Fsp3) is 0.855. The van der Waals surface area contributed by atoms with Crippen molar-refractivity contribution in [3.63, 3.8) is 0 Å². The number of carbonyl (C=O) groups excluding carboxylic acids is 2. The molecule has 0 aromatic rings. The van der Waals surface area contributed by atoms with Crippen LogP contribution in [-0.2, 0) is 14.3 Å². The molecule has 6 nitrogen and oxygen atoms in total. The number of unbranched alkanes of at least 4 members (excludes halogenated alkanes) is 31. The molecule has 0 rings (SSSR count). The van der Waals surface area contributed by atoms with E-state index in [1.165, 1.54) is 154 Å². The highest BCUT2D eigenvalue weighted by Crippen LogP contribution is 2.17. The molecule has 0 radical (unpaired) electrons. The van der Waals surface area contributed by atoms with E-state index in [9.17, 15) is 19.8 Å². The van der Waals surface area contributed by atoms with Gasteiger partial charge in [-0.15, -0.1) is 0 Å². The van der Waals surface area contributed by atoms with Crippen LogP contribution < -0.4 is 5.32 Å². The van der Waals surface area contributed by atoms with Crippen LogP contribution in [0.3, 0.4) is 0 Å². The zero-order valence-electron chi connectivity index (χ0n) is 40.8. The molecule has 6 heteroatoms. The van der Waals surface area contributed by atoms with Crippen molar-refractivity contribution in [2.75, 3.05) is 6.61 Å². The molecule has 0 saturated heterocycles. The van der Waals surface area contributed by atoms with Crippen molar-refractivity contribution >= 4 is 11.9 Å². The third-order valence-electron chi connectivity index (χ3n) is 12.2. The summed E-state index contributed by atoms with van der Waals surface area (Å²) in [6, 6.07) is -0.707. The van der Waals surface area contributed by atoms with E-state index in [1.807, 2.05) is 0 Å². The number of amides is 1. The van der Waals surface area contributed by atoms with Crippen LogP contribution >= 0.6 is 0 Å². The van der Waals surface area contributed by atoms with E-state index in [2.05, 4.69) is 62.5 Å². The minimum Gasteiger partial charge on any atom is -0.462 e. The van der Waals surface area contributed by atoms with Gasteiger partial charge in [-0.2, -0.15) is 0 Å². The maximum Gasteiger partial charge on any atom is 0.306 e. The summed E-state index contributed by atoms with van der Waals surface area (Å²) in [5.74, 6) is -0.498. The number of esters is 1. The second-order valence-electron chi connectivity index (χ2n) is 18.3. The van der Waals surface area contributed by atoms with Crippen LogP contribution in [0.25, 0.3) is 0 Å². The third kappa shape index (κ3) is 44.5. The van der Waals surface area contributed by atoms with Gasteiger partial charge in [-0.3, -0.25) is 9.59 Å². The van der Waals surface area contributed by atoms with Crippen molar-refractivity contribution in [1.82, 2.24) is 5.32 Å². The van der Waals surface area contributed by atoms with Gasteiger partial charge in [0.15, 0.2) is 0 Å². The second kappa shape index (κ2) is 49.1. The van der Waals surface area contributed by atoms with Crippen molar-refractivity contribution in [3.8, 4) is 0 Å². The number of aliphatic hydroxyl groups excluding tert-OH is 2. The van der Waals surface area contributed by atoms with Crippen molar-refractivity contribution in [2.45, 2.75) is 296 Å². The smallest absolute Gasteiger partial charge is 0.306 e. The molecule has 0 spiro atoms. The highest BCUT2D eigenvalue weighted by atomic mass is 16.5. The summed E-state index contributed by atoms with van der Waals surface area (Å²) in [7, 11) is 0. The first-order valence-corrected chi connectivity index (χ1v) is 26.7. The molecule has 0 aliphatic rings. The maximum absolute atomic E-state index is 13.2. The fourth-order valence-electron chi connectivity index (χ4n) is 8.12. The predicted octanol–water partition coefficient (Wildman–Crippen LogP) is 16.1. The molecule has 0 fully saturated rings. The summed E-state index contributed by atoms with van der Waals surface area (Å²) in [6.45, 7) is 6.47. The van der Waals surface area contributed by atoms with Crippen molar-refractivity contribution in [2.24, 2.45) is 0 Å². The number of allylic oxidation sites excluding steroid dienone is 6. The number of ether oxygens (including phenoxy) is 1. The predicted molar refractivity (Wildman–Crippen MR) is 264 cm³/mol. The van der Waals surface area contributed by atoms with Crippen LogP contribution in [0, 0.1) is 0 Å². The first kappa shape index (κ1) is 59.1. The summed E-state index contributed by atoms with van der Waals surface area (Å²) in [5, 5.41) is 23.7. The van der Waals surface area contributed by atoms with Gasteiger partial charge < -0.3 is 20.3 Å². The number of nitrogens with one attached hydrogen (secondary N) is 1. The van der Waals surface area contributed by atoms with Gasteiger partial charge in [-0.1, -0.05) is 224 Å². The van der Waals surface area contributed by atoms with E-state index in [1.54, 1.807) is 0 Å². The molecule has 61 heavy (non-hydrogen) atoms. The molecule has 3 atom stereocenters. The molecular formula is C55H103NO5. The Morgan fingerprint density at radius 3 is 1.28 bits per heavy atom. The average Bonchev–Trinajstić information content (AvgIpc) is 3.25. The maximum atomic E-state index is 13.2. The van der Waals surface area contributed by atoms with E-state index in [-0.39, 0.29) is 24.9 Å². The lowest BCUT2D eigenvalue weighted by molar-refractivity contribution is -0.151. The SMILES string of the molecule is CCCCCCCCC/C=C/C=C/CCCCCCCC(=O)OC(CCCCC/C=C/CCCCCCCCC)CC(=O)NC(CO)C(O)CCCCCCCCCCCC. The second-order valence-corrected chi connectivity index (χ2v) is 18.3. The Morgan fingerprint density at radius 1 is 0.475 bits per heavy atom. The highest BCUT2D eigenvalue weighted by molar-refractivity contribution is 5.77. The van der Waals surface area contributed by atoms with Crippen molar-refractivity contribution < 1.29 is 24.5 Å².